The van der Waals surface area contributed by atoms with Crippen molar-refractivity contribution < 1.29 is 4.79 Å². The average molecular weight is 383 g/mol. The minimum Gasteiger partial charge on any atom is -0.293 e. The van der Waals surface area contributed by atoms with Gasteiger partial charge in [0.1, 0.15) is 6.54 Å². The van der Waals surface area contributed by atoms with Crippen LogP contribution in [-0.4, -0.2) is 25.7 Å². The summed E-state index contributed by atoms with van der Waals surface area (Å²) in [6.45, 7) is 9.96. The number of hydrogen-bond acceptors (Lipinski definition) is 5. The number of carbonyl (C=O) groups is 1. The molecule has 7 nitrogen and oxygen atoms in total. The lowest BCUT2D eigenvalue weighted by molar-refractivity contribution is -0.117. The Kier molecular flexibility index (Phi) is 7.61. The first kappa shape index (κ1) is 21.5. The van der Waals surface area contributed by atoms with Gasteiger partial charge >= 0.3 is 0 Å². The van der Waals surface area contributed by atoms with E-state index in [2.05, 4.69) is 40.3 Å². The number of amides is 1. The number of carbonyl (C=O) groups excluding carboxylic acids is 1. The number of rotatable bonds is 8. The number of nitrogens with one attached hydrogen (secondary N) is 1. The summed E-state index contributed by atoms with van der Waals surface area (Å²) in [5, 5.41) is 7.11. The fraction of sp³-hybridized carbons (Fsp3) is 0.476. The minimum absolute atomic E-state index is 0.122. The lowest BCUT2D eigenvalue weighted by Gasteiger charge is -2.16. The summed E-state index contributed by atoms with van der Waals surface area (Å²) in [6.07, 6.45) is 8.17. The van der Waals surface area contributed by atoms with Gasteiger partial charge in [-0.2, -0.15) is 5.10 Å². The normalized spacial score (nSPS) is 11.7. The molecule has 0 saturated carbocycles. The second-order valence-corrected chi connectivity index (χ2v) is 7.07. The van der Waals surface area contributed by atoms with E-state index in [1.165, 1.54) is 22.6 Å². The predicted molar refractivity (Wildman–Crippen MR) is 111 cm³/mol. The van der Waals surface area contributed by atoms with Gasteiger partial charge in [-0.05, 0) is 31.7 Å². The largest absolute Gasteiger partial charge is 0.293 e. The molecule has 1 amide bonds. The third-order valence-electron chi connectivity index (χ3n) is 4.49. The molecule has 150 valence electrons. The maximum atomic E-state index is 12.8. The number of allylic oxidation sites excluding steroid dienone is 1. The Bertz CT molecular complexity index is 901. The van der Waals surface area contributed by atoms with Gasteiger partial charge in [-0.15, -0.1) is 0 Å². The van der Waals surface area contributed by atoms with Crippen LogP contribution in [0, 0.1) is 6.92 Å². The van der Waals surface area contributed by atoms with Crippen molar-refractivity contribution in [2.45, 2.75) is 66.3 Å². The van der Waals surface area contributed by atoms with Crippen LogP contribution in [0.3, 0.4) is 0 Å². The van der Waals surface area contributed by atoms with Crippen LogP contribution < -0.4 is 10.9 Å². The van der Waals surface area contributed by atoms with Gasteiger partial charge in [0.15, 0.2) is 0 Å². The van der Waals surface area contributed by atoms with E-state index in [1.54, 1.807) is 13.0 Å². The summed E-state index contributed by atoms with van der Waals surface area (Å²) < 4.78 is 1.23. The maximum Gasteiger partial charge on any atom is 0.270 e. The van der Waals surface area contributed by atoms with Crippen LogP contribution >= 0.6 is 0 Å². The Morgan fingerprint density at radius 2 is 1.93 bits per heavy atom. The van der Waals surface area contributed by atoms with Gasteiger partial charge in [-0.1, -0.05) is 45.8 Å². The molecule has 0 bridgehead atoms. The van der Waals surface area contributed by atoms with Crippen molar-refractivity contribution in [2.24, 2.45) is 0 Å². The topological polar surface area (TPSA) is 89.8 Å². The summed E-state index contributed by atoms with van der Waals surface area (Å²) >= 11 is 0. The zero-order chi connectivity index (χ0) is 20.7. The van der Waals surface area contributed by atoms with Gasteiger partial charge in [-0.3, -0.25) is 14.9 Å². The Balaban J connectivity index is 2.39. The monoisotopic (exact) mass is 383 g/mol. The van der Waals surface area contributed by atoms with Crippen LogP contribution in [0.5, 0.6) is 0 Å². The van der Waals surface area contributed by atoms with Gasteiger partial charge in [-0.25, -0.2) is 14.6 Å². The van der Waals surface area contributed by atoms with E-state index in [-0.39, 0.29) is 24.0 Å². The van der Waals surface area contributed by atoms with Crippen molar-refractivity contribution in [1.29, 1.82) is 0 Å². The van der Waals surface area contributed by atoms with Crippen LogP contribution in [0.2, 0.25) is 0 Å². The van der Waals surface area contributed by atoms with Crippen LogP contribution in [0.25, 0.3) is 6.08 Å². The molecular formula is C21H29N5O2. The SMILES string of the molecule is CCC/C(=C/c1c(C(C)C)nn(CC(=O)Nc2ncccn2)c(=O)c1C)CC. The van der Waals surface area contributed by atoms with Crippen molar-refractivity contribution >= 4 is 17.9 Å². The van der Waals surface area contributed by atoms with Gasteiger partial charge in [0.05, 0.1) is 5.69 Å². The molecule has 0 spiro atoms. The summed E-state index contributed by atoms with van der Waals surface area (Å²) in [5.41, 5.74) is 3.36. The number of anilines is 1. The van der Waals surface area contributed by atoms with E-state index in [1.807, 2.05) is 13.8 Å². The van der Waals surface area contributed by atoms with E-state index in [0.29, 0.717) is 5.56 Å². The predicted octanol–water partition coefficient (Wildman–Crippen LogP) is 3.70. The first-order valence-corrected chi connectivity index (χ1v) is 9.75. The highest BCUT2D eigenvalue weighted by molar-refractivity contribution is 5.88. The van der Waals surface area contributed by atoms with Crippen molar-refractivity contribution in [1.82, 2.24) is 19.7 Å². The average Bonchev–Trinajstić information content (AvgIpc) is 2.67. The lowest BCUT2D eigenvalue weighted by Crippen LogP contribution is -2.33. The van der Waals surface area contributed by atoms with Crippen molar-refractivity contribution in [3.8, 4) is 0 Å². The van der Waals surface area contributed by atoms with Crippen molar-refractivity contribution in [2.75, 3.05) is 5.32 Å². The molecule has 0 aliphatic carbocycles. The van der Waals surface area contributed by atoms with Gasteiger partial charge < -0.3 is 0 Å². The van der Waals surface area contributed by atoms with E-state index < -0.39 is 5.91 Å². The van der Waals surface area contributed by atoms with Crippen LogP contribution in [0.1, 0.15) is 69.7 Å². The molecule has 0 unspecified atom stereocenters. The molecule has 2 heterocycles. The Labute approximate surface area is 165 Å². The zero-order valence-corrected chi connectivity index (χ0v) is 17.3. The fourth-order valence-corrected chi connectivity index (χ4v) is 2.99. The van der Waals surface area contributed by atoms with Crippen LogP contribution in [0.4, 0.5) is 5.95 Å². The number of nitrogens with zero attached hydrogens (tertiary/aromatic N) is 4. The van der Waals surface area contributed by atoms with E-state index >= 15 is 0 Å². The Morgan fingerprint density at radius 1 is 1.25 bits per heavy atom. The Hall–Kier alpha value is -2.83. The molecule has 0 aliphatic heterocycles. The summed E-state index contributed by atoms with van der Waals surface area (Å²) in [5.74, 6) is -0.0662. The lowest BCUT2D eigenvalue weighted by atomic mass is 9.96. The van der Waals surface area contributed by atoms with Crippen molar-refractivity contribution in [3.63, 3.8) is 0 Å². The molecule has 0 aromatic carbocycles. The highest BCUT2D eigenvalue weighted by Gasteiger charge is 2.17. The molecule has 0 fully saturated rings. The van der Waals surface area contributed by atoms with Crippen LogP contribution in [-0.2, 0) is 11.3 Å². The number of hydrogen-bond donors (Lipinski definition) is 1. The van der Waals surface area contributed by atoms with E-state index in [9.17, 15) is 9.59 Å². The smallest absolute Gasteiger partial charge is 0.270 e. The summed E-state index contributed by atoms with van der Waals surface area (Å²) in [7, 11) is 0. The highest BCUT2D eigenvalue weighted by atomic mass is 16.2. The summed E-state index contributed by atoms with van der Waals surface area (Å²) in [4.78, 5) is 33.1. The van der Waals surface area contributed by atoms with Gasteiger partial charge in [0.25, 0.3) is 5.56 Å². The van der Waals surface area contributed by atoms with E-state index in [0.717, 1.165) is 30.5 Å². The number of aromatic nitrogens is 4. The third kappa shape index (κ3) is 5.34. The molecule has 2 rings (SSSR count). The first-order valence-electron chi connectivity index (χ1n) is 9.75. The fourth-order valence-electron chi connectivity index (χ4n) is 2.99. The van der Waals surface area contributed by atoms with Gasteiger partial charge in [0.2, 0.25) is 11.9 Å². The zero-order valence-electron chi connectivity index (χ0n) is 17.3. The van der Waals surface area contributed by atoms with Gasteiger partial charge in [0, 0.05) is 23.5 Å². The summed E-state index contributed by atoms with van der Waals surface area (Å²) in [6, 6.07) is 1.66. The minimum atomic E-state index is -0.390. The first-order chi connectivity index (χ1) is 13.4. The molecule has 0 saturated heterocycles. The molecular weight excluding hydrogens is 354 g/mol. The Morgan fingerprint density at radius 3 is 2.50 bits per heavy atom. The maximum absolute atomic E-state index is 12.8. The molecule has 28 heavy (non-hydrogen) atoms. The highest BCUT2D eigenvalue weighted by Crippen LogP contribution is 2.23. The molecule has 2 aromatic heterocycles. The third-order valence-corrected chi connectivity index (χ3v) is 4.49. The van der Waals surface area contributed by atoms with Crippen LogP contribution in [0.15, 0.2) is 28.8 Å². The second kappa shape index (κ2) is 9.92. The standard InChI is InChI=1S/C21H29N5O2/c1-6-9-16(7-2)12-17-15(5)20(28)26(25-19(17)14(3)4)13-18(27)24-21-22-10-8-11-23-21/h8,10-12,14H,6-7,9,13H2,1-5H3,(H,22,23,24,27)/b16-12+. The molecule has 2 aromatic rings. The second-order valence-electron chi connectivity index (χ2n) is 7.07. The molecule has 1 N–H and O–H groups in total. The molecule has 0 atom stereocenters. The van der Waals surface area contributed by atoms with E-state index in [4.69, 9.17) is 0 Å². The quantitative estimate of drug-likeness (QED) is 0.751. The molecule has 7 heteroatoms. The molecule has 0 aliphatic rings. The van der Waals surface area contributed by atoms with Crippen molar-refractivity contribution in [3.05, 3.63) is 51.2 Å². The molecule has 0 radical (unpaired) electrons.